The average Bonchev–Trinajstić information content (AvgIpc) is 2.67. The highest BCUT2D eigenvalue weighted by atomic mass is 19.4. The van der Waals surface area contributed by atoms with Crippen molar-refractivity contribution in [3.05, 3.63) is 47.7 Å². The number of rotatable bonds is 6. The third-order valence-corrected chi connectivity index (χ3v) is 3.38. The molecule has 0 unspecified atom stereocenters. The zero-order chi connectivity index (χ0) is 21.4. The summed E-state index contributed by atoms with van der Waals surface area (Å²) < 4.78 is 48.8. The molecule has 3 amide bonds. The molecule has 0 aliphatic heterocycles. The zero-order valence-electron chi connectivity index (χ0n) is 15.0. The van der Waals surface area contributed by atoms with E-state index < -0.39 is 23.7 Å². The molecule has 29 heavy (non-hydrogen) atoms. The number of aromatic nitrogens is 1. The first-order chi connectivity index (χ1) is 13.7. The Morgan fingerprint density at radius 2 is 1.97 bits per heavy atom. The van der Waals surface area contributed by atoms with Crippen LogP contribution >= 0.6 is 0 Å². The maximum Gasteiger partial charge on any atom is 0.416 e. The van der Waals surface area contributed by atoms with E-state index in [2.05, 4.69) is 10.3 Å². The summed E-state index contributed by atoms with van der Waals surface area (Å²) in [6.07, 6.45) is -4.49. The summed E-state index contributed by atoms with van der Waals surface area (Å²) in [5.74, 6) is -1.12. The van der Waals surface area contributed by atoms with Gasteiger partial charge in [-0.1, -0.05) is 6.07 Å². The average molecular weight is 408 g/mol. The zero-order valence-corrected chi connectivity index (χ0v) is 15.0. The molecule has 0 saturated heterocycles. The predicted octanol–water partition coefficient (Wildman–Crippen LogP) is 3.25. The highest BCUT2D eigenvalue weighted by molar-refractivity contribution is 6.03. The summed E-state index contributed by atoms with van der Waals surface area (Å²) in [5, 5.41) is 12.7. The van der Waals surface area contributed by atoms with Crippen molar-refractivity contribution in [1.29, 1.82) is 5.26 Å². The van der Waals surface area contributed by atoms with Crippen molar-refractivity contribution in [3.63, 3.8) is 0 Å². The summed E-state index contributed by atoms with van der Waals surface area (Å²) in [7, 11) is 1.31. The van der Waals surface area contributed by atoms with Crippen molar-refractivity contribution in [2.45, 2.75) is 12.6 Å². The Bertz CT molecular complexity index is 941. The first-order valence-corrected chi connectivity index (χ1v) is 8.10. The number of urea groups is 1. The van der Waals surface area contributed by atoms with Crippen LogP contribution in [-0.4, -0.2) is 30.6 Å². The van der Waals surface area contributed by atoms with E-state index >= 15 is 0 Å². The van der Waals surface area contributed by atoms with Crippen LogP contribution in [0.15, 0.2) is 36.4 Å². The van der Waals surface area contributed by atoms with Gasteiger partial charge in [0.15, 0.2) is 0 Å². The number of nitriles is 1. The van der Waals surface area contributed by atoms with Crippen molar-refractivity contribution < 1.29 is 32.2 Å². The molecule has 0 bridgehead atoms. The number of nitrogens with zero attached hydrogens (tertiary/aromatic N) is 2. The van der Waals surface area contributed by atoms with Gasteiger partial charge in [-0.05, 0) is 18.2 Å². The molecule has 2 N–H and O–H groups in total. The number of hydrogen-bond donors (Lipinski definition) is 2. The molecule has 0 aliphatic carbocycles. The summed E-state index contributed by atoms with van der Waals surface area (Å²) in [6.45, 7) is 0.0467. The van der Waals surface area contributed by atoms with Crippen molar-refractivity contribution >= 4 is 11.9 Å². The Kier molecular flexibility index (Phi) is 6.97. The Balaban J connectivity index is 2.19. The quantitative estimate of drug-likeness (QED) is 0.710. The van der Waals surface area contributed by atoms with E-state index in [-0.39, 0.29) is 36.0 Å². The van der Waals surface area contributed by atoms with Crippen molar-refractivity contribution in [2.24, 2.45) is 0 Å². The molecule has 152 valence electrons. The molecular formula is C18H15F3N4O4. The van der Waals surface area contributed by atoms with Gasteiger partial charge in [-0.2, -0.15) is 18.4 Å². The van der Waals surface area contributed by atoms with Crippen LogP contribution in [0.1, 0.15) is 22.5 Å². The van der Waals surface area contributed by atoms with Crippen LogP contribution < -0.4 is 20.1 Å². The number of alkyl halides is 3. The lowest BCUT2D eigenvalue weighted by Gasteiger charge is -2.11. The summed E-state index contributed by atoms with van der Waals surface area (Å²) in [6, 6.07) is 7.59. The smallest absolute Gasteiger partial charge is 0.416 e. The number of ether oxygens (including phenoxy) is 2. The van der Waals surface area contributed by atoms with Crippen LogP contribution in [0.2, 0.25) is 0 Å². The third-order valence-electron chi connectivity index (χ3n) is 3.38. The number of benzene rings is 1. The summed E-state index contributed by atoms with van der Waals surface area (Å²) in [5.41, 5.74) is -1.17. The summed E-state index contributed by atoms with van der Waals surface area (Å²) in [4.78, 5) is 27.7. The highest BCUT2D eigenvalue weighted by Crippen LogP contribution is 2.33. The molecular weight excluding hydrogens is 393 g/mol. The fourth-order valence-electron chi connectivity index (χ4n) is 2.07. The van der Waals surface area contributed by atoms with E-state index in [1.807, 2.05) is 11.4 Å². The number of imide groups is 1. The largest absolute Gasteiger partial charge is 0.496 e. The number of methoxy groups -OCH3 is 1. The predicted molar refractivity (Wildman–Crippen MR) is 93.4 cm³/mol. The fourth-order valence-corrected chi connectivity index (χ4v) is 2.07. The summed E-state index contributed by atoms with van der Waals surface area (Å²) >= 11 is 0. The topological polar surface area (TPSA) is 113 Å². The van der Waals surface area contributed by atoms with Crippen LogP contribution in [0.4, 0.5) is 18.0 Å². The molecule has 0 atom stereocenters. The van der Waals surface area contributed by atoms with Gasteiger partial charge in [-0.15, -0.1) is 0 Å². The first-order valence-electron chi connectivity index (χ1n) is 8.10. The molecule has 0 saturated carbocycles. The van der Waals surface area contributed by atoms with Gasteiger partial charge in [0, 0.05) is 18.7 Å². The lowest BCUT2D eigenvalue weighted by Crippen LogP contribution is -2.40. The van der Waals surface area contributed by atoms with Gasteiger partial charge in [-0.3, -0.25) is 10.1 Å². The number of halogens is 3. The standard InChI is InChI=1S/C18H15F3N4O4/c1-28-13-9-14(16(26)25-17(27)23-7-3-6-22)24-15(10-13)29-12-5-2-4-11(8-12)18(19,20)21/h2,4-5,8-10H,3,7H2,1H3,(H2,23,25,26,27). The molecule has 2 aromatic rings. The lowest BCUT2D eigenvalue weighted by atomic mass is 10.2. The van der Waals surface area contributed by atoms with Gasteiger partial charge in [0.2, 0.25) is 5.88 Å². The second-order valence-corrected chi connectivity index (χ2v) is 5.48. The van der Waals surface area contributed by atoms with E-state index in [1.165, 1.54) is 25.3 Å². The van der Waals surface area contributed by atoms with Crippen LogP contribution in [0.5, 0.6) is 17.4 Å². The number of pyridine rings is 1. The van der Waals surface area contributed by atoms with Gasteiger partial charge >= 0.3 is 12.2 Å². The van der Waals surface area contributed by atoms with E-state index in [0.717, 1.165) is 18.2 Å². The Morgan fingerprint density at radius 1 is 1.21 bits per heavy atom. The number of hydrogen-bond acceptors (Lipinski definition) is 6. The van der Waals surface area contributed by atoms with Gasteiger partial charge in [0.1, 0.15) is 17.2 Å². The van der Waals surface area contributed by atoms with Gasteiger partial charge in [0.25, 0.3) is 5.91 Å². The van der Waals surface area contributed by atoms with E-state index in [9.17, 15) is 22.8 Å². The molecule has 8 nitrogen and oxygen atoms in total. The molecule has 1 heterocycles. The SMILES string of the molecule is COc1cc(Oc2cccc(C(F)(F)F)c2)nc(C(=O)NC(=O)NCCC#N)c1. The van der Waals surface area contributed by atoms with E-state index in [1.54, 1.807) is 0 Å². The van der Waals surface area contributed by atoms with Crippen LogP contribution in [0.25, 0.3) is 0 Å². The highest BCUT2D eigenvalue weighted by Gasteiger charge is 2.30. The second-order valence-electron chi connectivity index (χ2n) is 5.48. The molecule has 1 aromatic heterocycles. The Labute approximate surface area is 163 Å². The van der Waals surface area contributed by atoms with Crippen molar-refractivity contribution in [3.8, 4) is 23.4 Å². The van der Waals surface area contributed by atoms with Crippen molar-refractivity contribution in [1.82, 2.24) is 15.6 Å². The van der Waals surface area contributed by atoms with Crippen LogP contribution in [0, 0.1) is 11.3 Å². The molecule has 0 spiro atoms. The van der Waals surface area contributed by atoms with Gasteiger partial charge in [0.05, 0.1) is 25.2 Å². The molecule has 0 radical (unpaired) electrons. The molecule has 0 fully saturated rings. The number of carbonyl (C=O) groups excluding carboxylic acids is 2. The second kappa shape index (κ2) is 9.41. The van der Waals surface area contributed by atoms with Gasteiger partial charge < -0.3 is 14.8 Å². The fraction of sp³-hybridized carbons (Fsp3) is 0.222. The van der Waals surface area contributed by atoms with Gasteiger partial charge in [-0.25, -0.2) is 9.78 Å². The number of nitrogens with one attached hydrogen (secondary N) is 2. The Morgan fingerprint density at radius 3 is 2.62 bits per heavy atom. The Hall–Kier alpha value is -3.81. The molecule has 1 aromatic carbocycles. The maximum absolute atomic E-state index is 12.8. The minimum atomic E-state index is -4.55. The first kappa shape index (κ1) is 21.5. The minimum absolute atomic E-state index is 0.0467. The monoisotopic (exact) mass is 408 g/mol. The lowest BCUT2D eigenvalue weighted by molar-refractivity contribution is -0.137. The maximum atomic E-state index is 12.8. The van der Waals surface area contributed by atoms with E-state index in [4.69, 9.17) is 14.7 Å². The number of amides is 3. The normalized spacial score (nSPS) is 10.6. The van der Waals surface area contributed by atoms with E-state index in [0.29, 0.717) is 0 Å². The van der Waals surface area contributed by atoms with Crippen molar-refractivity contribution in [2.75, 3.05) is 13.7 Å². The molecule has 0 aliphatic rings. The molecule has 11 heteroatoms. The van der Waals surface area contributed by atoms with Crippen LogP contribution in [-0.2, 0) is 6.18 Å². The van der Waals surface area contributed by atoms with Crippen LogP contribution in [0.3, 0.4) is 0 Å². The molecule has 2 rings (SSSR count). The minimum Gasteiger partial charge on any atom is -0.496 e. The number of carbonyl (C=O) groups is 2. The third kappa shape index (κ3) is 6.39.